The van der Waals surface area contributed by atoms with E-state index in [2.05, 4.69) is 25.7 Å². The minimum atomic E-state index is -0.346. The Balaban J connectivity index is 1.79. The maximum atomic E-state index is 12.6. The summed E-state index contributed by atoms with van der Waals surface area (Å²) in [6.45, 7) is 7.83. The lowest BCUT2D eigenvalue weighted by Gasteiger charge is -2.11. The molecule has 0 fully saturated rings. The van der Waals surface area contributed by atoms with Gasteiger partial charge in [0.15, 0.2) is 0 Å². The SMILES string of the molecule is CC(C)NC(=O)c1ccc(NC(=O)c2cc(C(C)C)n3ncnc3n2)cc1. The molecule has 27 heavy (non-hydrogen) atoms. The smallest absolute Gasteiger partial charge is 0.274 e. The van der Waals surface area contributed by atoms with Gasteiger partial charge in [-0.1, -0.05) is 13.8 Å². The third-order valence-corrected chi connectivity index (χ3v) is 3.93. The minimum Gasteiger partial charge on any atom is -0.350 e. The molecule has 0 unspecified atom stereocenters. The Morgan fingerprint density at radius 2 is 1.74 bits per heavy atom. The van der Waals surface area contributed by atoms with Gasteiger partial charge in [-0.25, -0.2) is 9.50 Å². The molecule has 0 aliphatic heterocycles. The molecule has 0 atom stereocenters. The van der Waals surface area contributed by atoms with Crippen molar-refractivity contribution in [2.24, 2.45) is 0 Å². The molecule has 0 aliphatic carbocycles. The number of carbonyl (C=O) groups is 2. The molecule has 3 aromatic rings. The first-order valence-electron chi connectivity index (χ1n) is 8.78. The third-order valence-electron chi connectivity index (χ3n) is 3.93. The van der Waals surface area contributed by atoms with Crippen molar-refractivity contribution in [1.82, 2.24) is 24.9 Å². The maximum Gasteiger partial charge on any atom is 0.274 e. The molecule has 2 aromatic heterocycles. The predicted molar refractivity (Wildman–Crippen MR) is 102 cm³/mol. The molecule has 0 aliphatic rings. The van der Waals surface area contributed by atoms with Gasteiger partial charge in [0, 0.05) is 17.3 Å². The van der Waals surface area contributed by atoms with Crippen molar-refractivity contribution in [3.8, 4) is 0 Å². The Bertz CT molecular complexity index is 976. The number of rotatable bonds is 5. The Kier molecular flexibility index (Phi) is 5.16. The fraction of sp³-hybridized carbons (Fsp3) is 0.316. The summed E-state index contributed by atoms with van der Waals surface area (Å²) in [4.78, 5) is 32.9. The largest absolute Gasteiger partial charge is 0.350 e. The first-order chi connectivity index (χ1) is 12.8. The van der Waals surface area contributed by atoms with Gasteiger partial charge in [0.05, 0.1) is 5.69 Å². The minimum absolute atomic E-state index is 0.0604. The van der Waals surface area contributed by atoms with Crippen molar-refractivity contribution < 1.29 is 9.59 Å². The fourth-order valence-corrected chi connectivity index (χ4v) is 2.61. The second-order valence-corrected chi connectivity index (χ2v) is 6.85. The lowest BCUT2D eigenvalue weighted by molar-refractivity contribution is 0.0942. The van der Waals surface area contributed by atoms with Gasteiger partial charge in [-0.05, 0) is 50.1 Å². The molecule has 0 saturated carbocycles. The number of carbonyl (C=O) groups excluding carboxylic acids is 2. The highest BCUT2D eigenvalue weighted by Gasteiger charge is 2.16. The predicted octanol–water partition coefficient (Wildman–Crippen LogP) is 2.64. The highest BCUT2D eigenvalue weighted by molar-refractivity contribution is 6.03. The van der Waals surface area contributed by atoms with Crippen LogP contribution in [0.5, 0.6) is 0 Å². The van der Waals surface area contributed by atoms with Crippen LogP contribution in [-0.4, -0.2) is 37.4 Å². The first-order valence-corrected chi connectivity index (χ1v) is 8.78. The van der Waals surface area contributed by atoms with Gasteiger partial charge >= 0.3 is 0 Å². The van der Waals surface area contributed by atoms with E-state index in [0.29, 0.717) is 17.0 Å². The summed E-state index contributed by atoms with van der Waals surface area (Å²) in [5.74, 6) is 0.0414. The number of amides is 2. The lowest BCUT2D eigenvalue weighted by atomic mass is 10.1. The van der Waals surface area contributed by atoms with E-state index in [1.807, 2.05) is 27.7 Å². The quantitative estimate of drug-likeness (QED) is 0.723. The van der Waals surface area contributed by atoms with Gasteiger partial charge in [-0.15, -0.1) is 0 Å². The molecule has 2 N–H and O–H groups in total. The van der Waals surface area contributed by atoms with Crippen LogP contribution in [0.4, 0.5) is 5.69 Å². The van der Waals surface area contributed by atoms with Crippen molar-refractivity contribution in [3.63, 3.8) is 0 Å². The molecule has 2 amide bonds. The normalized spacial score (nSPS) is 11.2. The van der Waals surface area contributed by atoms with Gasteiger partial charge in [0.1, 0.15) is 12.0 Å². The van der Waals surface area contributed by atoms with Crippen molar-refractivity contribution >= 4 is 23.3 Å². The molecular weight excluding hydrogens is 344 g/mol. The average Bonchev–Trinajstić information content (AvgIpc) is 3.09. The number of anilines is 1. The number of benzene rings is 1. The molecule has 8 nitrogen and oxygen atoms in total. The van der Waals surface area contributed by atoms with Gasteiger partial charge in [0.25, 0.3) is 17.6 Å². The monoisotopic (exact) mass is 366 g/mol. The van der Waals surface area contributed by atoms with Crippen molar-refractivity contribution in [1.29, 1.82) is 0 Å². The molecule has 0 saturated heterocycles. The van der Waals surface area contributed by atoms with E-state index in [1.54, 1.807) is 34.8 Å². The molecule has 0 spiro atoms. The van der Waals surface area contributed by atoms with Crippen LogP contribution in [0.2, 0.25) is 0 Å². The van der Waals surface area contributed by atoms with E-state index in [4.69, 9.17) is 0 Å². The lowest BCUT2D eigenvalue weighted by Crippen LogP contribution is -2.30. The van der Waals surface area contributed by atoms with E-state index in [0.717, 1.165) is 5.69 Å². The Hall–Kier alpha value is -3.29. The highest BCUT2D eigenvalue weighted by atomic mass is 16.2. The van der Waals surface area contributed by atoms with Gasteiger partial charge in [-0.2, -0.15) is 10.1 Å². The van der Waals surface area contributed by atoms with Crippen LogP contribution < -0.4 is 10.6 Å². The Morgan fingerprint density at radius 3 is 2.37 bits per heavy atom. The van der Waals surface area contributed by atoms with Gasteiger partial charge in [-0.3, -0.25) is 9.59 Å². The van der Waals surface area contributed by atoms with Crippen LogP contribution in [0.1, 0.15) is 60.2 Å². The molecule has 0 bridgehead atoms. The van der Waals surface area contributed by atoms with Crippen LogP contribution in [0.15, 0.2) is 36.7 Å². The Morgan fingerprint density at radius 1 is 1.04 bits per heavy atom. The van der Waals surface area contributed by atoms with E-state index < -0.39 is 0 Å². The third kappa shape index (κ3) is 4.11. The topological polar surface area (TPSA) is 101 Å². The van der Waals surface area contributed by atoms with Gasteiger partial charge in [0.2, 0.25) is 0 Å². The summed E-state index contributed by atoms with van der Waals surface area (Å²) in [7, 11) is 0. The zero-order chi connectivity index (χ0) is 19.6. The van der Waals surface area contributed by atoms with Crippen LogP contribution in [0.3, 0.4) is 0 Å². The number of nitrogens with zero attached hydrogens (tertiary/aromatic N) is 4. The molecular formula is C19H22N6O2. The molecule has 8 heteroatoms. The zero-order valence-electron chi connectivity index (χ0n) is 15.7. The summed E-state index contributed by atoms with van der Waals surface area (Å²) in [5.41, 5.74) is 2.23. The van der Waals surface area contributed by atoms with Crippen LogP contribution in [0.25, 0.3) is 5.78 Å². The number of hydrogen-bond acceptors (Lipinski definition) is 5. The van der Waals surface area contributed by atoms with E-state index in [1.165, 1.54) is 6.33 Å². The molecule has 3 rings (SSSR count). The van der Waals surface area contributed by atoms with Crippen LogP contribution in [0, 0.1) is 0 Å². The van der Waals surface area contributed by atoms with Crippen molar-refractivity contribution in [2.75, 3.05) is 5.32 Å². The first kappa shape index (κ1) is 18.5. The second-order valence-electron chi connectivity index (χ2n) is 6.85. The number of nitrogens with one attached hydrogen (secondary N) is 2. The standard InChI is InChI=1S/C19H22N6O2/c1-11(2)16-9-15(24-19-20-10-21-25(16)19)18(27)23-14-7-5-13(6-8-14)17(26)22-12(3)4/h5-12H,1-4H3,(H,22,26)(H,23,27). The van der Waals surface area contributed by atoms with Crippen LogP contribution >= 0.6 is 0 Å². The molecule has 140 valence electrons. The summed E-state index contributed by atoms with van der Waals surface area (Å²) in [5, 5.41) is 9.77. The molecule has 1 aromatic carbocycles. The number of hydrogen-bond donors (Lipinski definition) is 2. The summed E-state index contributed by atoms with van der Waals surface area (Å²) >= 11 is 0. The highest BCUT2D eigenvalue weighted by Crippen LogP contribution is 2.17. The average molecular weight is 366 g/mol. The molecule has 0 radical (unpaired) electrons. The fourth-order valence-electron chi connectivity index (χ4n) is 2.61. The van der Waals surface area contributed by atoms with Gasteiger partial charge < -0.3 is 10.6 Å². The second kappa shape index (κ2) is 7.53. The van der Waals surface area contributed by atoms with E-state index >= 15 is 0 Å². The summed E-state index contributed by atoms with van der Waals surface area (Å²) in [6, 6.07) is 8.49. The number of fused-ring (bicyclic) bond motifs is 1. The van der Waals surface area contributed by atoms with Crippen molar-refractivity contribution in [2.45, 2.75) is 39.7 Å². The maximum absolute atomic E-state index is 12.6. The summed E-state index contributed by atoms with van der Waals surface area (Å²) in [6.07, 6.45) is 1.41. The molecule has 2 heterocycles. The Labute approximate surface area is 157 Å². The van der Waals surface area contributed by atoms with Crippen molar-refractivity contribution in [3.05, 3.63) is 53.6 Å². The van der Waals surface area contributed by atoms with E-state index in [-0.39, 0.29) is 29.5 Å². The number of aromatic nitrogens is 4. The van der Waals surface area contributed by atoms with Crippen LogP contribution in [-0.2, 0) is 0 Å². The zero-order valence-corrected chi connectivity index (χ0v) is 15.7. The summed E-state index contributed by atoms with van der Waals surface area (Å²) < 4.78 is 1.63. The van der Waals surface area contributed by atoms with E-state index in [9.17, 15) is 9.59 Å².